The number of rotatable bonds is 0. The molecule has 1 fully saturated rings. The van der Waals surface area contributed by atoms with Gasteiger partial charge in [0.1, 0.15) is 6.17 Å². The lowest BCUT2D eigenvalue weighted by Crippen LogP contribution is -2.38. The summed E-state index contributed by atoms with van der Waals surface area (Å²) in [5.74, 6) is 0. The minimum atomic E-state index is 0.365. The Bertz CT molecular complexity index is 478. The first-order valence-corrected chi connectivity index (χ1v) is 5.04. The molecule has 0 amide bonds. The summed E-state index contributed by atoms with van der Waals surface area (Å²) in [6.07, 6.45) is 4.99. The standard InChI is InChI=1S/C11H13N3/c12-9-4-3-8-7-14-5-1-2-11(14)13-10(8)6-9/h3-4,6-7,11H,1-2,5,12H2. The predicted molar refractivity (Wildman–Crippen MR) is 55.8 cm³/mol. The number of benzene rings is 1. The zero-order valence-electron chi connectivity index (χ0n) is 7.98. The minimum absolute atomic E-state index is 0.365. The van der Waals surface area contributed by atoms with E-state index < -0.39 is 0 Å². The monoisotopic (exact) mass is 187 g/mol. The second kappa shape index (κ2) is 2.74. The fourth-order valence-electron chi connectivity index (χ4n) is 2.18. The average molecular weight is 187 g/mol. The van der Waals surface area contributed by atoms with E-state index >= 15 is 0 Å². The third-order valence-electron chi connectivity index (χ3n) is 2.91. The highest BCUT2D eigenvalue weighted by atomic mass is 15.3. The van der Waals surface area contributed by atoms with Crippen LogP contribution in [0.25, 0.3) is 6.20 Å². The molecule has 1 saturated heterocycles. The van der Waals surface area contributed by atoms with Gasteiger partial charge in [-0.2, -0.15) is 0 Å². The fourth-order valence-corrected chi connectivity index (χ4v) is 2.18. The first-order chi connectivity index (χ1) is 6.83. The number of nitrogen functional groups attached to an aromatic ring is 1. The van der Waals surface area contributed by atoms with Crippen molar-refractivity contribution in [2.24, 2.45) is 4.99 Å². The number of nitrogens with two attached hydrogens (primary N) is 1. The van der Waals surface area contributed by atoms with E-state index in [1.54, 1.807) is 0 Å². The highest BCUT2D eigenvalue weighted by Gasteiger charge is 2.22. The van der Waals surface area contributed by atoms with Gasteiger partial charge in [-0.15, -0.1) is 0 Å². The second-order valence-corrected chi connectivity index (χ2v) is 3.94. The maximum absolute atomic E-state index is 5.73. The van der Waals surface area contributed by atoms with Crippen LogP contribution in [0.15, 0.2) is 23.2 Å². The zero-order chi connectivity index (χ0) is 9.54. The molecular formula is C11H13N3. The van der Waals surface area contributed by atoms with E-state index in [0.29, 0.717) is 6.17 Å². The Morgan fingerprint density at radius 3 is 3.29 bits per heavy atom. The third kappa shape index (κ3) is 1.09. The molecule has 2 N–H and O–H groups in total. The van der Waals surface area contributed by atoms with Gasteiger partial charge in [-0.25, -0.2) is 0 Å². The Labute approximate surface area is 82.5 Å². The molecular weight excluding hydrogens is 174 g/mol. The molecule has 2 aliphatic rings. The van der Waals surface area contributed by atoms with Crippen molar-refractivity contribution in [3.05, 3.63) is 28.8 Å². The molecule has 0 aromatic heterocycles. The summed E-state index contributed by atoms with van der Waals surface area (Å²) in [5.41, 5.74) is 6.53. The molecule has 0 saturated carbocycles. The van der Waals surface area contributed by atoms with E-state index in [4.69, 9.17) is 5.73 Å². The fraction of sp³-hybridized carbons (Fsp3) is 0.364. The van der Waals surface area contributed by atoms with Gasteiger partial charge >= 0.3 is 0 Å². The van der Waals surface area contributed by atoms with E-state index in [-0.39, 0.29) is 0 Å². The van der Waals surface area contributed by atoms with Gasteiger partial charge < -0.3 is 10.6 Å². The summed E-state index contributed by atoms with van der Waals surface area (Å²) in [7, 11) is 0. The average Bonchev–Trinajstić information content (AvgIpc) is 2.61. The molecule has 1 aromatic rings. The Hall–Kier alpha value is -1.51. The van der Waals surface area contributed by atoms with Gasteiger partial charge in [0.2, 0.25) is 0 Å². The van der Waals surface area contributed by atoms with Crippen LogP contribution in [0.4, 0.5) is 5.69 Å². The van der Waals surface area contributed by atoms with Crippen LogP contribution in [0.2, 0.25) is 0 Å². The SMILES string of the molecule is Nc1ccc2c(c1)=NC1CCCN1C=2. The number of fused-ring (bicyclic) bond motifs is 2. The van der Waals surface area contributed by atoms with Crippen molar-refractivity contribution in [1.29, 1.82) is 0 Å². The number of hydrogen-bond donors (Lipinski definition) is 1. The predicted octanol–water partition coefficient (Wildman–Crippen LogP) is 0.0619. The molecule has 72 valence electrons. The maximum atomic E-state index is 5.73. The molecule has 0 radical (unpaired) electrons. The van der Waals surface area contributed by atoms with Gasteiger partial charge in [0.05, 0.1) is 5.36 Å². The molecule has 1 aromatic carbocycles. The summed E-state index contributed by atoms with van der Waals surface area (Å²) in [6.45, 7) is 1.14. The van der Waals surface area contributed by atoms with E-state index in [1.807, 2.05) is 18.2 Å². The molecule has 2 heterocycles. The molecule has 3 nitrogen and oxygen atoms in total. The van der Waals surface area contributed by atoms with Crippen LogP contribution in [0.3, 0.4) is 0 Å². The van der Waals surface area contributed by atoms with Crippen LogP contribution < -0.4 is 16.3 Å². The molecule has 0 spiro atoms. The normalized spacial score (nSPS) is 23.4. The quantitative estimate of drug-likeness (QED) is 0.584. The summed E-state index contributed by atoms with van der Waals surface area (Å²) in [5, 5.41) is 2.24. The van der Waals surface area contributed by atoms with Gasteiger partial charge in [0, 0.05) is 23.7 Å². The van der Waals surface area contributed by atoms with Crippen molar-refractivity contribution in [3.63, 3.8) is 0 Å². The van der Waals surface area contributed by atoms with Crippen LogP contribution in [-0.4, -0.2) is 17.6 Å². The second-order valence-electron chi connectivity index (χ2n) is 3.94. The van der Waals surface area contributed by atoms with Crippen molar-refractivity contribution in [1.82, 2.24) is 4.90 Å². The Kier molecular flexibility index (Phi) is 1.54. The van der Waals surface area contributed by atoms with Gasteiger partial charge in [0.25, 0.3) is 0 Å². The topological polar surface area (TPSA) is 41.6 Å². The molecule has 14 heavy (non-hydrogen) atoms. The number of anilines is 1. The summed E-state index contributed by atoms with van der Waals surface area (Å²) < 4.78 is 0. The van der Waals surface area contributed by atoms with Crippen LogP contribution >= 0.6 is 0 Å². The highest BCUT2D eigenvalue weighted by Crippen LogP contribution is 2.18. The summed E-state index contributed by atoms with van der Waals surface area (Å²) in [6, 6.07) is 5.94. The Balaban J connectivity index is 2.23. The van der Waals surface area contributed by atoms with E-state index in [1.165, 1.54) is 18.1 Å². The van der Waals surface area contributed by atoms with Crippen molar-refractivity contribution in [2.45, 2.75) is 19.0 Å². The lowest BCUT2D eigenvalue weighted by atomic mass is 10.2. The van der Waals surface area contributed by atoms with Gasteiger partial charge in [0.15, 0.2) is 0 Å². The van der Waals surface area contributed by atoms with Gasteiger partial charge in [-0.05, 0) is 31.0 Å². The van der Waals surface area contributed by atoms with Crippen molar-refractivity contribution < 1.29 is 0 Å². The molecule has 3 rings (SSSR count). The molecule has 1 unspecified atom stereocenters. The van der Waals surface area contributed by atoms with E-state index in [0.717, 1.165) is 17.6 Å². The molecule has 3 heteroatoms. The Morgan fingerprint density at radius 2 is 2.36 bits per heavy atom. The maximum Gasteiger partial charge on any atom is 0.121 e. The first-order valence-electron chi connectivity index (χ1n) is 5.04. The lowest BCUT2D eigenvalue weighted by molar-refractivity contribution is 0.379. The van der Waals surface area contributed by atoms with Crippen molar-refractivity contribution >= 4 is 11.9 Å². The van der Waals surface area contributed by atoms with E-state index in [2.05, 4.69) is 16.1 Å². The molecule has 0 bridgehead atoms. The largest absolute Gasteiger partial charge is 0.399 e. The van der Waals surface area contributed by atoms with E-state index in [9.17, 15) is 0 Å². The third-order valence-corrected chi connectivity index (χ3v) is 2.91. The number of nitrogens with zero attached hydrogens (tertiary/aromatic N) is 2. The smallest absolute Gasteiger partial charge is 0.121 e. The van der Waals surface area contributed by atoms with Crippen LogP contribution in [0, 0.1) is 0 Å². The van der Waals surface area contributed by atoms with Crippen molar-refractivity contribution in [3.8, 4) is 0 Å². The molecule has 2 aliphatic heterocycles. The van der Waals surface area contributed by atoms with Crippen molar-refractivity contribution in [2.75, 3.05) is 12.3 Å². The lowest BCUT2D eigenvalue weighted by Gasteiger charge is -2.21. The summed E-state index contributed by atoms with van der Waals surface area (Å²) >= 11 is 0. The minimum Gasteiger partial charge on any atom is -0.399 e. The van der Waals surface area contributed by atoms with Gasteiger partial charge in [-0.1, -0.05) is 0 Å². The first kappa shape index (κ1) is 7.85. The van der Waals surface area contributed by atoms with Crippen LogP contribution in [-0.2, 0) is 0 Å². The van der Waals surface area contributed by atoms with Crippen LogP contribution in [0.1, 0.15) is 12.8 Å². The van der Waals surface area contributed by atoms with Crippen LogP contribution in [0.5, 0.6) is 0 Å². The molecule has 1 atom stereocenters. The molecule has 0 aliphatic carbocycles. The zero-order valence-corrected chi connectivity index (χ0v) is 7.98. The Morgan fingerprint density at radius 1 is 1.43 bits per heavy atom. The highest BCUT2D eigenvalue weighted by molar-refractivity contribution is 5.39. The summed E-state index contributed by atoms with van der Waals surface area (Å²) in [4.78, 5) is 7.00. The van der Waals surface area contributed by atoms with Gasteiger partial charge in [-0.3, -0.25) is 4.99 Å². The number of hydrogen-bond acceptors (Lipinski definition) is 3.